The molecule has 0 saturated carbocycles. The highest BCUT2D eigenvalue weighted by molar-refractivity contribution is 4.46. The minimum Gasteiger partial charge on any atom is -0.292 e. The summed E-state index contributed by atoms with van der Waals surface area (Å²) in [7, 11) is 0. The molecule has 0 aliphatic rings. The fourth-order valence-electron chi connectivity index (χ4n) is 0.553. The van der Waals surface area contributed by atoms with Crippen LogP contribution in [0.15, 0.2) is 0 Å². The van der Waals surface area contributed by atoms with Crippen molar-refractivity contribution >= 4 is 0 Å². The van der Waals surface area contributed by atoms with Crippen LogP contribution in [0.25, 0.3) is 0 Å². The zero-order valence-corrected chi connectivity index (χ0v) is 7.24. The van der Waals surface area contributed by atoms with E-state index >= 15 is 0 Å². The van der Waals surface area contributed by atoms with E-state index in [9.17, 15) is 13.2 Å². The summed E-state index contributed by atoms with van der Waals surface area (Å²) in [5, 5.41) is 0. The molecule has 0 amide bonds. The molecule has 74 valence electrons. The van der Waals surface area contributed by atoms with E-state index in [1.807, 2.05) is 13.8 Å². The zero-order valence-electron chi connectivity index (χ0n) is 7.24. The molecule has 2 nitrogen and oxygen atoms in total. The van der Waals surface area contributed by atoms with Crippen LogP contribution in [-0.4, -0.2) is 19.3 Å². The van der Waals surface area contributed by atoms with E-state index in [1.54, 1.807) is 0 Å². The van der Waals surface area contributed by atoms with Gasteiger partial charge in [0.05, 0.1) is 0 Å². The van der Waals surface area contributed by atoms with Crippen molar-refractivity contribution in [3.05, 3.63) is 0 Å². The van der Waals surface area contributed by atoms with Crippen LogP contribution >= 0.6 is 0 Å². The molecular formula is C7H14F3NO. The molecule has 0 heterocycles. The fraction of sp³-hybridized carbons (Fsp3) is 1.00. The molecule has 0 fully saturated rings. The first-order valence-electron chi connectivity index (χ1n) is 3.83. The summed E-state index contributed by atoms with van der Waals surface area (Å²) in [6, 6.07) is 0. The smallest absolute Gasteiger partial charge is 0.292 e. The number of rotatable bonds is 5. The standard InChI is InChI=1S/C7H14F3NO/c1-6(2)3-4-11-12-5-7(8,9)10/h6,11H,3-5H2,1-2H3. The predicted molar refractivity (Wildman–Crippen MR) is 39.5 cm³/mol. The van der Waals surface area contributed by atoms with Crippen LogP contribution < -0.4 is 5.48 Å². The Morgan fingerprint density at radius 1 is 1.33 bits per heavy atom. The molecule has 0 spiro atoms. The summed E-state index contributed by atoms with van der Waals surface area (Å²) in [5.41, 5.74) is 2.25. The third kappa shape index (κ3) is 9.71. The molecule has 0 radical (unpaired) electrons. The summed E-state index contributed by atoms with van der Waals surface area (Å²) in [5.74, 6) is 0.465. The van der Waals surface area contributed by atoms with E-state index in [-0.39, 0.29) is 0 Å². The second kappa shape index (κ2) is 5.37. The molecule has 0 aliphatic heterocycles. The third-order valence-corrected chi connectivity index (χ3v) is 1.16. The molecule has 5 heteroatoms. The summed E-state index contributed by atoms with van der Waals surface area (Å²) in [6.45, 7) is 3.20. The van der Waals surface area contributed by atoms with Crippen LogP contribution in [-0.2, 0) is 4.84 Å². The Morgan fingerprint density at radius 2 is 1.92 bits per heavy atom. The van der Waals surface area contributed by atoms with Gasteiger partial charge in [-0.2, -0.15) is 13.2 Å². The zero-order chi connectivity index (χ0) is 9.61. The van der Waals surface area contributed by atoms with Crippen LogP contribution in [0.2, 0.25) is 0 Å². The maximum absolute atomic E-state index is 11.5. The van der Waals surface area contributed by atoms with Crippen molar-refractivity contribution in [1.82, 2.24) is 5.48 Å². The maximum atomic E-state index is 11.5. The molecule has 0 aromatic carbocycles. The molecule has 0 rings (SSSR count). The lowest BCUT2D eigenvalue weighted by Gasteiger charge is -2.09. The largest absolute Gasteiger partial charge is 0.413 e. The third-order valence-electron chi connectivity index (χ3n) is 1.16. The Balaban J connectivity index is 3.12. The van der Waals surface area contributed by atoms with E-state index in [1.165, 1.54) is 0 Å². The Kier molecular flexibility index (Phi) is 5.24. The molecule has 0 bridgehead atoms. The summed E-state index contributed by atoms with van der Waals surface area (Å²) in [4.78, 5) is 4.17. The van der Waals surface area contributed by atoms with E-state index in [0.29, 0.717) is 12.5 Å². The number of hydroxylamine groups is 1. The SMILES string of the molecule is CC(C)CCNOCC(F)(F)F. The van der Waals surface area contributed by atoms with Gasteiger partial charge < -0.3 is 0 Å². The van der Waals surface area contributed by atoms with Gasteiger partial charge in [-0.1, -0.05) is 13.8 Å². The van der Waals surface area contributed by atoms with Crippen LogP contribution in [0.1, 0.15) is 20.3 Å². The Bertz CT molecular complexity index is 114. The molecule has 0 saturated heterocycles. The molecule has 0 aliphatic carbocycles. The first kappa shape index (κ1) is 11.7. The Hall–Kier alpha value is -0.290. The first-order valence-corrected chi connectivity index (χ1v) is 3.83. The van der Waals surface area contributed by atoms with E-state index in [2.05, 4.69) is 10.3 Å². The normalized spacial score (nSPS) is 12.5. The van der Waals surface area contributed by atoms with Gasteiger partial charge in [-0.3, -0.25) is 4.84 Å². The number of hydrogen-bond donors (Lipinski definition) is 1. The van der Waals surface area contributed by atoms with Crippen LogP contribution in [0, 0.1) is 5.92 Å². The lowest BCUT2D eigenvalue weighted by atomic mass is 10.1. The minimum atomic E-state index is -4.25. The molecular weight excluding hydrogens is 171 g/mol. The molecule has 0 atom stereocenters. The highest BCUT2D eigenvalue weighted by Gasteiger charge is 2.27. The Morgan fingerprint density at radius 3 is 2.33 bits per heavy atom. The molecule has 0 unspecified atom stereocenters. The van der Waals surface area contributed by atoms with Gasteiger partial charge in [-0.25, -0.2) is 5.48 Å². The fourth-order valence-corrected chi connectivity index (χ4v) is 0.553. The van der Waals surface area contributed by atoms with Gasteiger partial charge in [-0.15, -0.1) is 0 Å². The highest BCUT2D eigenvalue weighted by Crippen LogP contribution is 2.13. The molecule has 1 N–H and O–H groups in total. The van der Waals surface area contributed by atoms with Crippen molar-refractivity contribution in [2.75, 3.05) is 13.2 Å². The highest BCUT2D eigenvalue weighted by atomic mass is 19.4. The minimum absolute atomic E-state index is 0.452. The van der Waals surface area contributed by atoms with Gasteiger partial charge in [-0.05, 0) is 12.3 Å². The summed E-state index contributed by atoms with van der Waals surface area (Å²) >= 11 is 0. The summed E-state index contributed by atoms with van der Waals surface area (Å²) in [6.07, 6.45) is -3.44. The monoisotopic (exact) mass is 185 g/mol. The topological polar surface area (TPSA) is 21.3 Å². The van der Waals surface area contributed by atoms with Crippen LogP contribution in [0.3, 0.4) is 0 Å². The molecule has 12 heavy (non-hydrogen) atoms. The van der Waals surface area contributed by atoms with E-state index in [4.69, 9.17) is 0 Å². The molecule has 0 aromatic rings. The van der Waals surface area contributed by atoms with E-state index in [0.717, 1.165) is 6.42 Å². The van der Waals surface area contributed by atoms with Gasteiger partial charge in [0.1, 0.15) is 0 Å². The lowest BCUT2D eigenvalue weighted by Crippen LogP contribution is -2.25. The quantitative estimate of drug-likeness (QED) is 0.523. The van der Waals surface area contributed by atoms with Crippen LogP contribution in [0.4, 0.5) is 13.2 Å². The van der Waals surface area contributed by atoms with E-state index < -0.39 is 12.8 Å². The molecule has 0 aromatic heterocycles. The van der Waals surface area contributed by atoms with Crippen molar-refractivity contribution in [3.63, 3.8) is 0 Å². The van der Waals surface area contributed by atoms with Crippen molar-refractivity contribution in [2.45, 2.75) is 26.4 Å². The van der Waals surface area contributed by atoms with Crippen molar-refractivity contribution in [1.29, 1.82) is 0 Å². The van der Waals surface area contributed by atoms with Crippen LogP contribution in [0.5, 0.6) is 0 Å². The second-order valence-corrected chi connectivity index (χ2v) is 2.98. The number of hydrogen-bond acceptors (Lipinski definition) is 2. The second-order valence-electron chi connectivity index (χ2n) is 2.98. The lowest BCUT2D eigenvalue weighted by molar-refractivity contribution is -0.189. The number of alkyl halides is 3. The van der Waals surface area contributed by atoms with Gasteiger partial charge in [0.25, 0.3) is 0 Å². The van der Waals surface area contributed by atoms with Gasteiger partial charge in [0.2, 0.25) is 0 Å². The Labute approximate surface area is 70.0 Å². The average molecular weight is 185 g/mol. The van der Waals surface area contributed by atoms with Gasteiger partial charge >= 0.3 is 6.18 Å². The number of nitrogens with one attached hydrogen (secondary N) is 1. The maximum Gasteiger partial charge on any atom is 0.413 e. The van der Waals surface area contributed by atoms with Gasteiger partial charge in [0.15, 0.2) is 6.61 Å². The number of halogens is 3. The predicted octanol–water partition coefficient (Wildman–Crippen LogP) is 2.12. The summed E-state index contributed by atoms with van der Waals surface area (Å²) < 4.78 is 34.4. The van der Waals surface area contributed by atoms with Crippen molar-refractivity contribution < 1.29 is 18.0 Å². The first-order chi connectivity index (χ1) is 5.42. The van der Waals surface area contributed by atoms with Crippen molar-refractivity contribution in [2.24, 2.45) is 5.92 Å². The average Bonchev–Trinajstić information content (AvgIpc) is 1.83. The van der Waals surface area contributed by atoms with Crippen molar-refractivity contribution in [3.8, 4) is 0 Å². The van der Waals surface area contributed by atoms with Gasteiger partial charge in [0, 0.05) is 6.54 Å².